The van der Waals surface area contributed by atoms with Crippen LogP contribution in [0.2, 0.25) is 0 Å². The zero-order valence-corrected chi connectivity index (χ0v) is 8.14. The molecule has 1 aliphatic rings. The predicted octanol–water partition coefficient (Wildman–Crippen LogP) is 2.10. The maximum absolute atomic E-state index is 5.75. The normalized spacial score (nSPS) is 15.5. The highest BCUT2D eigenvalue weighted by Crippen LogP contribution is 2.25. The first-order valence-corrected chi connectivity index (χ1v) is 5.08. The van der Waals surface area contributed by atoms with Gasteiger partial charge >= 0.3 is 0 Å². The van der Waals surface area contributed by atoms with Crippen LogP contribution in [0.4, 0.5) is 5.82 Å². The van der Waals surface area contributed by atoms with Gasteiger partial charge in [-0.15, -0.1) is 0 Å². The van der Waals surface area contributed by atoms with E-state index in [-0.39, 0.29) is 0 Å². The van der Waals surface area contributed by atoms with E-state index in [1.165, 1.54) is 42.5 Å². The van der Waals surface area contributed by atoms with Gasteiger partial charge in [-0.05, 0) is 49.3 Å². The van der Waals surface area contributed by atoms with Crippen molar-refractivity contribution in [2.75, 3.05) is 5.73 Å². The summed E-state index contributed by atoms with van der Waals surface area (Å²) in [5.41, 5.74) is 9.88. The zero-order valence-electron chi connectivity index (χ0n) is 8.14. The summed E-state index contributed by atoms with van der Waals surface area (Å²) in [4.78, 5) is 4.38. The summed E-state index contributed by atoms with van der Waals surface area (Å²) in [6.07, 6.45) is 6.01. The number of rotatable bonds is 1. The highest BCUT2D eigenvalue weighted by atomic mass is 14.8. The summed E-state index contributed by atoms with van der Waals surface area (Å²) in [6.45, 7) is 2.15. The largest absolute Gasteiger partial charge is 0.384 e. The van der Waals surface area contributed by atoms with Crippen LogP contribution in [0.15, 0.2) is 6.07 Å². The van der Waals surface area contributed by atoms with Crippen molar-refractivity contribution >= 4 is 5.82 Å². The summed E-state index contributed by atoms with van der Waals surface area (Å²) in [5.74, 6) is 0.692. The number of anilines is 1. The van der Waals surface area contributed by atoms with Crippen LogP contribution >= 0.6 is 0 Å². The number of aryl methyl sites for hydroxylation is 2. The maximum Gasteiger partial charge on any atom is 0.123 e. The van der Waals surface area contributed by atoms with Gasteiger partial charge in [0.15, 0.2) is 0 Å². The van der Waals surface area contributed by atoms with E-state index in [2.05, 4.69) is 11.9 Å². The number of aromatic nitrogens is 1. The van der Waals surface area contributed by atoms with Gasteiger partial charge in [-0.25, -0.2) is 4.98 Å². The fourth-order valence-corrected chi connectivity index (χ4v) is 2.14. The minimum Gasteiger partial charge on any atom is -0.384 e. The van der Waals surface area contributed by atoms with Crippen molar-refractivity contribution in [3.8, 4) is 0 Å². The standard InChI is InChI=1S/C11H16N2/c1-2-10-9-6-4-3-5-8(9)7-11(12)13-10/h7H,2-6H2,1H3,(H2,12,13). The minimum atomic E-state index is 0.692. The highest BCUT2D eigenvalue weighted by Gasteiger charge is 2.13. The molecule has 0 bridgehead atoms. The summed E-state index contributed by atoms with van der Waals surface area (Å²) >= 11 is 0. The minimum absolute atomic E-state index is 0.692. The molecule has 1 aromatic rings. The molecular formula is C11H16N2. The Morgan fingerprint density at radius 1 is 1.38 bits per heavy atom. The molecule has 1 aliphatic carbocycles. The van der Waals surface area contributed by atoms with Gasteiger partial charge in [-0.1, -0.05) is 6.92 Å². The van der Waals surface area contributed by atoms with Crippen molar-refractivity contribution in [3.05, 3.63) is 22.9 Å². The predicted molar refractivity (Wildman–Crippen MR) is 54.7 cm³/mol. The van der Waals surface area contributed by atoms with Crippen LogP contribution in [0.3, 0.4) is 0 Å². The Labute approximate surface area is 79.2 Å². The van der Waals surface area contributed by atoms with Crippen LogP contribution in [-0.2, 0) is 19.3 Å². The van der Waals surface area contributed by atoms with Gasteiger partial charge in [0.2, 0.25) is 0 Å². The lowest BCUT2D eigenvalue weighted by Crippen LogP contribution is -2.09. The Balaban J connectivity index is 2.50. The van der Waals surface area contributed by atoms with Gasteiger partial charge in [0, 0.05) is 5.69 Å². The van der Waals surface area contributed by atoms with Gasteiger partial charge < -0.3 is 5.73 Å². The van der Waals surface area contributed by atoms with E-state index in [0.717, 1.165) is 6.42 Å². The van der Waals surface area contributed by atoms with E-state index in [9.17, 15) is 0 Å². The zero-order chi connectivity index (χ0) is 9.26. The molecule has 0 saturated carbocycles. The molecule has 1 aromatic heterocycles. The molecule has 0 fully saturated rings. The number of nitrogens with two attached hydrogens (primary N) is 1. The lowest BCUT2D eigenvalue weighted by Gasteiger charge is -2.18. The van der Waals surface area contributed by atoms with E-state index in [0.29, 0.717) is 5.82 Å². The maximum atomic E-state index is 5.75. The molecule has 70 valence electrons. The van der Waals surface area contributed by atoms with Crippen molar-refractivity contribution in [2.24, 2.45) is 0 Å². The molecule has 0 aliphatic heterocycles. The number of nitrogen functional groups attached to an aromatic ring is 1. The van der Waals surface area contributed by atoms with Gasteiger partial charge in [-0.2, -0.15) is 0 Å². The fourth-order valence-electron chi connectivity index (χ4n) is 2.14. The topological polar surface area (TPSA) is 38.9 Å². The van der Waals surface area contributed by atoms with Crippen molar-refractivity contribution in [2.45, 2.75) is 39.0 Å². The third kappa shape index (κ3) is 1.53. The van der Waals surface area contributed by atoms with Gasteiger partial charge in [-0.3, -0.25) is 0 Å². The molecule has 2 heteroatoms. The molecule has 2 nitrogen and oxygen atoms in total. The molecule has 0 saturated heterocycles. The lowest BCUT2D eigenvalue weighted by atomic mass is 9.90. The number of hydrogen-bond donors (Lipinski definition) is 1. The Bertz CT molecular complexity index is 301. The van der Waals surface area contributed by atoms with Crippen LogP contribution < -0.4 is 5.73 Å². The molecular weight excluding hydrogens is 160 g/mol. The van der Waals surface area contributed by atoms with E-state index in [4.69, 9.17) is 5.73 Å². The molecule has 0 amide bonds. The Morgan fingerprint density at radius 2 is 2.15 bits per heavy atom. The van der Waals surface area contributed by atoms with Crippen LogP contribution in [0, 0.1) is 0 Å². The number of nitrogens with zero attached hydrogens (tertiary/aromatic N) is 1. The second-order valence-corrected chi connectivity index (χ2v) is 3.69. The molecule has 13 heavy (non-hydrogen) atoms. The first kappa shape index (κ1) is 8.54. The van der Waals surface area contributed by atoms with Crippen molar-refractivity contribution in [1.29, 1.82) is 0 Å². The second kappa shape index (κ2) is 3.36. The van der Waals surface area contributed by atoms with Crippen LogP contribution in [0.5, 0.6) is 0 Å². The second-order valence-electron chi connectivity index (χ2n) is 3.69. The first-order chi connectivity index (χ1) is 6.31. The van der Waals surface area contributed by atoms with Crippen molar-refractivity contribution in [3.63, 3.8) is 0 Å². The summed E-state index contributed by atoms with van der Waals surface area (Å²) < 4.78 is 0. The molecule has 1 heterocycles. The summed E-state index contributed by atoms with van der Waals surface area (Å²) in [5, 5.41) is 0. The monoisotopic (exact) mass is 176 g/mol. The number of pyridine rings is 1. The molecule has 2 N–H and O–H groups in total. The Kier molecular flexibility index (Phi) is 2.21. The van der Waals surface area contributed by atoms with E-state index in [1.807, 2.05) is 6.07 Å². The Morgan fingerprint density at radius 3 is 2.92 bits per heavy atom. The molecule has 0 atom stereocenters. The first-order valence-electron chi connectivity index (χ1n) is 5.08. The van der Waals surface area contributed by atoms with E-state index >= 15 is 0 Å². The van der Waals surface area contributed by atoms with E-state index in [1.54, 1.807) is 0 Å². The molecule has 0 aromatic carbocycles. The number of hydrogen-bond acceptors (Lipinski definition) is 2. The lowest BCUT2D eigenvalue weighted by molar-refractivity contribution is 0.673. The van der Waals surface area contributed by atoms with Gasteiger partial charge in [0.25, 0.3) is 0 Å². The van der Waals surface area contributed by atoms with Gasteiger partial charge in [0.1, 0.15) is 5.82 Å². The van der Waals surface area contributed by atoms with Crippen molar-refractivity contribution in [1.82, 2.24) is 4.98 Å². The van der Waals surface area contributed by atoms with E-state index < -0.39 is 0 Å². The molecule has 0 unspecified atom stereocenters. The quantitative estimate of drug-likeness (QED) is 0.711. The molecule has 0 spiro atoms. The van der Waals surface area contributed by atoms with Crippen LogP contribution in [-0.4, -0.2) is 4.98 Å². The van der Waals surface area contributed by atoms with Crippen LogP contribution in [0.25, 0.3) is 0 Å². The smallest absolute Gasteiger partial charge is 0.123 e. The third-order valence-electron chi connectivity index (χ3n) is 2.78. The number of fused-ring (bicyclic) bond motifs is 1. The summed E-state index contributed by atoms with van der Waals surface area (Å²) in [6, 6.07) is 2.05. The SMILES string of the molecule is CCc1nc(N)cc2c1CCCC2. The van der Waals surface area contributed by atoms with Gasteiger partial charge in [0.05, 0.1) is 0 Å². The average Bonchev–Trinajstić information content (AvgIpc) is 2.16. The highest BCUT2D eigenvalue weighted by molar-refractivity contribution is 5.42. The fraction of sp³-hybridized carbons (Fsp3) is 0.545. The summed E-state index contributed by atoms with van der Waals surface area (Å²) in [7, 11) is 0. The average molecular weight is 176 g/mol. The van der Waals surface area contributed by atoms with Crippen molar-refractivity contribution < 1.29 is 0 Å². The molecule has 0 radical (unpaired) electrons. The molecule has 2 rings (SSSR count). The third-order valence-corrected chi connectivity index (χ3v) is 2.78. The Hall–Kier alpha value is -1.05. The van der Waals surface area contributed by atoms with Crippen LogP contribution in [0.1, 0.15) is 36.6 Å².